The highest BCUT2D eigenvalue weighted by molar-refractivity contribution is 9.15. The van der Waals surface area contributed by atoms with E-state index in [-0.39, 0.29) is 5.75 Å². The van der Waals surface area contributed by atoms with Crippen LogP contribution in [-0.4, -0.2) is 22.7 Å². The van der Waals surface area contributed by atoms with E-state index < -0.39 is 0 Å². The van der Waals surface area contributed by atoms with Gasteiger partial charge in [0, 0.05) is 22.3 Å². The Bertz CT molecular complexity index is 665. The van der Waals surface area contributed by atoms with E-state index in [0.717, 1.165) is 23.0 Å². The molecule has 0 unspecified atom stereocenters. The summed E-state index contributed by atoms with van der Waals surface area (Å²) < 4.78 is 6.77. The lowest BCUT2D eigenvalue weighted by molar-refractivity contribution is 0.463. The molecule has 0 bridgehead atoms. The number of phenols is 1. The van der Waals surface area contributed by atoms with Crippen molar-refractivity contribution in [2.75, 3.05) is 6.54 Å². The third kappa shape index (κ3) is 3.87. The predicted molar refractivity (Wildman–Crippen MR) is 90.3 cm³/mol. The average Bonchev–Trinajstić information content (AvgIpc) is 3.03. The van der Waals surface area contributed by atoms with E-state index in [9.17, 15) is 5.11 Å². The molecule has 0 amide bonds. The van der Waals surface area contributed by atoms with E-state index in [0.29, 0.717) is 17.5 Å². The van der Waals surface area contributed by atoms with Crippen molar-refractivity contribution in [3.63, 3.8) is 0 Å². The Labute approximate surface area is 138 Å². The van der Waals surface area contributed by atoms with Crippen molar-refractivity contribution in [2.24, 2.45) is 0 Å². The largest absolute Gasteiger partial charge is 0.508 e. The molecule has 2 heterocycles. The van der Waals surface area contributed by atoms with Crippen LogP contribution in [0.25, 0.3) is 4.48 Å². The van der Waals surface area contributed by atoms with Gasteiger partial charge < -0.3 is 15.2 Å². The van der Waals surface area contributed by atoms with Crippen LogP contribution in [0.3, 0.4) is 0 Å². The van der Waals surface area contributed by atoms with E-state index >= 15 is 0 Å². The Kier molecular flexibility index (Phi) is 4.75. The number of hydrogen-bond donors (Lipinski definition) is 2. The first-order valence-electron chi connectivity index (χ1n) is 7.24. The van der Waals surface area contributed by atoms with Crippen LogP contribution < -0.4 is 10.1 Å². The van der Waals surface area contributed by atoms with Crippen LogP contribution >= 0.6 is 15.9 Å². The Morgan fingerprint density at radius 1 is 1.27 bits per heavy atom. The lowest BCUT2D eigenvalue weighted by Crippen LogP contribution is -2.18. The number of ether oxygens (including phenoxy) is 1. The molecule has 3 rings (SSSR count). The number of nitrogens with one attached hydrogen (secondary N) is 1. The molecule has 22 heavy (non-hydrogen) atoms. The number of nitrogens with zero attached hydrogens (tertiary/aromatic N) is 1. The Balaban J connectivity index is 1.75. The molecule has 1 aliphatic heterocycles. The van der Waals surface area contributed by atoms with Gasteiger partial charge in [-0.1, -0.05) is 22.0 Å². The van der Waals surface area contributed by atoms with Crippen molar-refractivity contribution >= 4 is 20.4 Å². The van der Waals surface area contributed by atoms with E-state index in [4.69, 9.17) is 4.74 Å². The van der Waals surface area contributed by atoms with Crippen molar-refractivity contribution in [2.45, 2.75) is 18.9 Å². The van der Waals surface area contributed by atoms with Gasteiger partial charge in [-0.25, -0.2) is 0 Å². The van der Waals surface area contributed by atoms with Crippen LogP contribution in [0.15, 0.2) is 48.8 Å². The maximum Gasteiger partial charge on any atom is 0.146 e. The molecule has 0 spiro atoms. The lowest BCUT2D eigenvalue weighted by atomic mass is 10.1. The van der Waals surface area contributed by atoms with Gasteiger partial charge in [0.05, 0.1) is 6.20 Å². The number of rotatable bonds is 4. The zero-order chi connectivity index (χ0) is 15.4. The summed E-state index contributed by atoms with van der Waals surface area (Å²) in [7, 11) is 0. The summed E-state index contributed by atoms with van der Waals surface area (Å²) in [5.41, 5.74) is 0.977. The monoisotopic (exact) mass is 360 g/mol. The van der Waals surface area contributed by atoms with Gasteiger partial charge in [-0.2, -0.15) is 0 Å². The van der Waals surface area contributed by atoms with E-state index in [1.807, 2.05) is 6.07 Å². The second-order valence-corrected chi connectivity index (χ2v) is 6.08. The predicted octanol–water partition coefficient (Wildman–Crippen LogP) is 4.07. The van der Waals surface area contributed by atoms with Gasteiger partial charge in [0.2, 0.25) is 0 Å². The molecule has 1 atom stereocenters. The highest BCUT2D eigenvalue weighted by atomic mass is 79.9. The number of aromatic hydroxyl groups is 1. The average molecular weight is 361 g/mol. The topological polar surface area (TPSA) is 54.4 Å². The maximum absolute atomic E-state index is 9.29. The molecule has 1 aromatic heterocycles. The van der Waals surface area contributed by atoms with Gasteiger partial charge in [0.15, 0.2) is 0 Å². The molecule has 114 valence electrons. The molecule has 5 heteroatoms. The number of aromatic nitrogens is 1. The first-order valence-corrected chi connectivity index (χ1v) is 8.03. The normalized spacial score (nSPS) is 18.4. The summed E-state index contributed by atoms with van der Waals surface area (Å²) >= 11 is 3.62. The summed E-state index contributed by atoms with van der Waals surface area (Å²) in [4.78, 5) is 4.23. The van der Waals surface area contributed by atoms with Gasteiger partial charge in [-0.05, 0) is 49.7 Å². The molecule has 1 fully saturated rings. The molecule has 2 aromatic rings. The molecule has 2 N–H and O–H groups in total. The summed E-state index contributed by atoms with van der Waals surface area (Å²) in [6, 6.07) is 8.97. The Hall–Kier alpha value is -1.85. The van der Waals surface area contributed by atoms with Crippen molar-refractivity contribution in [1.82, 2.24) is 10.3 Å². The maximum atomic E-state index is 9.29. The summed E-state index contributed by atoms with van der Waals surface area (Å²) in [5, 5.41) is 12.7. The fraction of sp³-hybridized carbons (Fsp3) is 0.235. The highest BCUT2D eigenvalue weighted by Crippen LogP contribution is 2.28. The molecule has 1 saturated heterocycles. The van der Waals surface area contributed by atoms with Crippen molar-refractivity contribution in [3.05, 3.63) is 54.4 Å². The second kappa shape index (κ2) is 6.94. The van der Waals surface area contributed by atoms with Gasteiger partial charge >= 0.3 is 0 Å². The molecular formula is C17H17BrN2O2. The standard InChI is InChI=1S/C17H17BrN2O2/c18-17(9-13-2-1-7-20-13)12-8-16(11-19-10-12)22-15-5-3-14(21)4-6-15/h3-6,8-11,13,20-21H,1-2,7H2/b17-9-/t13-/m0/s1. The van der Waals surface area contributed by atoms with E-state index in [2.05, 4.69) is 32.3 Å². The fourth-order valence-corrected chi connectivity index (χ4v) is 2.92. The minimum Gasteiger partial charge on any atom is -0.508 e. The van der Waals surface area contributed by atoms with Crippen LogP contribution in [0.5, 0.6) is 17.2 Å². The van der Waals surface area contributed by atoms with E-state index in [1.54, 1.807) is 36.7 Å². The molecule has 0 aliphatic carbocycles. The van der Waals surface area contributed by atoms with Crippen LogP contribution in [0, 0.1) is 0 Å². The number of halogens is 1. The van der Waals surface area contributed by atoms with Gasteiger partial charge in [-0.15, -0.1) is 0 Å². The third-order valence-corrected chi connectivity index (χ3v) is 4.23. The Morgan fingerprint density at radius 2 is 2.09 bits per heavy atom. The fourth-order valence-electron chi connectivity index (χ4n) is 2.38. The van der Waals surface area contributed by atoms with Crippen LogP contribution in [0.4, 0.5) is 0 Å². The summed E-state index contributed by atoms with van der Waals surface area (Å²) in [6.45, 7) is 1.07. The molecule has 4 nitrogen and oxygen atoms in total. The molecular weight excluding hydrogens is 344 g/mol. The van der Waals surface area contributed by atoms with Crippen LogP contribution in [0.2, 0.25) is 0 Å². The molecule has 1 aliphatic rings. The Morgan fingerprint density at radius 3 is 2.82 bits per heavy atom. The molecule has 0 saturated carbocycles. The zero-order valence-electron chi connectivity index (χ0n) is 12.0. The summed E-state index contributed by atoms with van der Waals surface area (Å²) in [6.07, 6.45) is 8.02. The van der Waals surface area contributed by atoms with Gasteiger partial charge in [-0.3, -0.25) is 4.98 Å². The van der Waals surface area contributed by atoms with E-state index in [1.165, 1.54) is 6.42 Å². The number of phenolic OH excluding ortho intramolecular Hbond substituents is 1. The van der Waals surface area contributed by atoms with Gasteiger partial charge in [0.1, 0.15) is 17.2 Å². The first-order chi connectivity index (χ1) is 10.7. The number of benzene rings is 1. The third-order valence-electron chi connectivity index (χ3n) is 3.51. The minimum absolute atomic E-state index is 0.217. The van der Waals surface area contributed by atoms with Gasteiger partial charge in [0.25, 0.3) is 0 Å². The van der Waals surface area contributed by atoms with Crippen molar-refractivity contribution in [3.8, 4) is 17.2 Å². The minimum atomic E-state index is 0.217. The van der Waals surface area contributed by atoms with Crippen LogP contribution in [-0.2, 0) is 0 Å². The molecule has 0 radical (unpaired) electrons. The summed E-state index contributed by atoms with van der Waals surface area (Å²) in [5.74, 6) is 1.54. The highest BCUT2D eigenvalue weighted by Gasteiger charge is 2.12. The smallest absolute Gasteiger partial charge is 0.146 e. The lowest BCUT2D eigenvalue weighted by Gasteiger charge is -2.09. The SMILES string of the molecule is Oc1ccc(Oc2cncc(/C(Br)=C/[C@@H]3CCCN3)c2)cc1. The zero-order valence-corrected chi connectivity index (χ0v) is 13.6. The first kappa shape index (κ1) is 15.1. The quantitative estimate of drug-likeness (QED) is 0.862. The van der Waals surface area contributed by atoms with Crippen molar-refractivity contribution in [1.29, 1.82) is 0 Å². The number of hydrogen-bond acceptors (Lipinski definition) is 4. The molecule has 1 aromatic carbocycles. The van der Waals surface area contributed by atoms with Crippen molar-refractivity contribution < 1.29 is 9.84 Å². The second-order valence-electron chi connectivity index (χ2n) is 5.22. The van der Waals surface area contributed by atoms with Crippen LogP contribution in [0.1, 0.15) is 18.4 Å². The number of pyridine rings is 1.